The second-order valence-corrected chi connectivity index (χ2v) is 10.2. The molecule has 4 aromatic heterocycles. The topological polar surface area (TPSA) is 133 Å². The highest BCUT2D eigenvalue weighted by molar-refractivity contribution is 7.13. The molecule has 1 aliphatic heterocycles. The molecule has 13 heteroatoms. The molecule has 1 saturated heterocycles. The van der Waals surface area contributed by atoms with Gasteiger partial charge in [0.2, 0.25) is 11.9 Å². The summed E-state index contributed by atoms with van der Waals surface area (Å²) >= 11 is 1.38. The zero-order valence-electron chi connectivity index (χ0n) is 20.1. The van der Waals surface area contributed by atoms with Gasteiger partial charge in [0.1, 0.15) is 16.9 Å². The van der Waals surface area contributed by atoms with Gasteiger partial charge in [-0.1, -0.05) is 0 Å². The fraction of sp³-hybridized carbons (Fsp3) is 0.435. The van der Waals surface area contributed by atoms with E-state index in [2.05, 4.69) is 30.2 Å². The molecule has 0 bridgehead atoms. The number of nitrogens with zero attached hydrogens (tertiary/aromatic N) is 8. The van der Waals surface area contributed by atoms with Crippen LogP contribution in [0.5, 0.6) is 0 Å². The molecule has 6 rings (SSSR count). The monoisotopic (exact) mass is 507 g/mol. The number of aryl methyl sites for hydroxylation is 1. The van der Waals surface area contributed by atoms with E-state index in [0.29, 0.717) is 10.8 Å². The average Bonchev–Trinajstić information content (AvgIpc) is 3.28. The zero-order valence-corrected chi connectivity index (χ0v) is 20.9. The molecule has 2 unspecified atom stereocenters. The quantitative estimate of drug-likeness (QED) is 0.415. The lowest BCUT2D eigenvalue weighted by atomic mass is 10.3. The van der Waals surface area contributed by atoms with Crippen molar-refractivity contribution >= 4 is 40.2 Å². The summed E-state index contributed by atoms with van der Waals surface area (Å²) in [4.78, 5) is 58.3. The maximum Gasteiger partial charge on any atom is 0.332 e. The number of fused-ring (bicyclic) bond motifs is 2. The largest absolute Gasteiger partial charge is 0.340 e. The number of imidazole rings is 1. The summed E-state index contributed by atoms with van der Waals surface area (Å²) in [6.45, 7) is 5.67. The van der Waals surface area contributed by atoms with Gasteiger partial charge in [0.05, 0.1) is 6.33 Å². The minimum atomic E-state index is -0.759. The van der Waals surface area contributed by atoms with Gasteiger partial charge >= 0.3 is 5.69 Å². The number of rotatable bonds is 6. The SMILES string of the molecule is CCn1c(=O)c2c(ncn2[C@@H](C)C(=O)Nc2csc(-c3cnc(N4CC5CC5C4)nc3)n2)n(C)c1=O. The summed E-state index contributed by atoms with van der Waals surface area (Å²) in [5, 5.41) is 5.26. The minimum Gasteiger partial charge on any atom is -0.340 e. The molecule has 2 fully saturated rings. The number of amides is 1. The van der Waals surface area contributed by atoms with Gasteiger partial charge in [0.25, 0.3) is 5.56 Å². The smallest absolute Gasteiger partial charge is 0.332 e. The molecule has 0 radical (unpaired) electrons. The molecular weight excluding hydrogens is 482 g/mol. The molecule has 1 amide bonds. The second kappa shape index (κ2) is 8.36. The first-order valence-electron chi connectivity index (χ1n) is 11.9. The lowest BCUT2D eigenvalue weighted by Gasteiger charge is -2.17. The van der Waals surface area contributed by atoms with E-state index in [1.54, 1.807) is 38.7 Å². The van der Waals surface area contributed by atoms with Crippen LogP contribution >= 0.6 is 11.3 Å². The van der Waals surface area contributed by atoms with Crippen molar-refractivity contribution in [1.82, 2.24) is 33.6 Å². The summed E-state index contributed by atoms with van der Waals surface area (Å²) in [7, 11) is 1.55. The number of hydrogen-bond donors (Lipinski definition) is 1. The summed E-state index contributed by atoms with van der Waals surface area (Å²) in [5.74, 6) is 2.40. The van der Waals surface area contributed by atoms with E-state index in [4.69, 9.17) is 0 Å². The molecule has 12 nitrogen and oxygen atoms in total. The fourth-order valence-corrected chi connectivity index (χ4v) is 5.57. The molecule has 36 heavy (non-hydrogen) atoms. The highest BCUT2D eigenvalue weighted by atomic mass is 32.1. The van der Waals surface area contributed by atoms with Gasteiger partial charge in [-0.3, -0.25) is 18.7 Å². The molecule has 1 N–H and O–H groups in total. The molecule has 0 aromatic carbocycles. The Labute approximate surface area is 209 Å². The number of piperidine rings is 1. The van der Waals surface area contributed by atoms with Gasteiger partial charge in [-0.15, -0.1) is 11.3 Å². The Kier molecular flexibility index (Phi) is 5.25. The van der Waals surface area contributed by atoms with E-state index in [-0.39, 0.29) is 23.6 Å². The van der Waals surface area contributed by atoms with Crippen LogP contribution in [0.3, 0.4) is 0 Å². The number of hydrogen-bond acceptors (Lipinski definition) is 9. The first kappa shape index (κ1) is 22.6. The third kappa shape index (κ3) is 3.61. The maximum absolute atomic E-state index is 13.0. The van der Waals surface area contributed by atoms with Crippen LogP contribution in [-0.4, -0.2) is 52.6 Å². The van der Waals surface area contributed by atoms with Gasteiger partial charge < -0.3 is 14.8 Å². The Morgan fingerprint density at radius 3 is 2.61 bits per heavy atom. The zero-order chi connectivity index (χ0) is 25.1. The Hall–Kier alpha value is -3.87. The predicted molar refractivity (Wildman–Crippen MR) is 135 cm³/mol. The molecule has 186 valence electrons. The third-order valence-electron chi connectivity index (χ3n) is 7.07. The number of carbonyl (C=O) groups is 1. The van der Waals surface area contributed by atoms with Crippen LogP contribution < -0.4 is 21.5 Å². The van der Waals surface area contributed by atoms with Crippen molar-refractivity contribution in [2.24, 2.45) is 18.9 Å². The molecule has 3 atom stereocenters. The summed E-state index contributed by atoms with van der Waals surface area (Å²) < 4.78 is 3.92. The van der Waals surface area contributed by atoms with Crippen molar-refractivity contribution in [3.63, 3.8) is 0 Å². The molecule has 4 aromatic rings. The van der Waals surface area contributed by atoms with Crippen molar-refractivity contribution in [2.75, 3.05) is 23.3 Å². The first-order valence-corrected chi connectivity index (χ1v) is 12.7. The molecule has 5 heterocycles. The van der Waals surface area contributed by atoms with Gasteiger partial charge in [-0.25, -0.2) is 24.7 Å². The van der Waals surface area contributed by atoms with Crippen LogP contribution in [-0.2, 0) is 18.4 Å². The van der Waals surface area contributed by atoms with Crippen LogP contribution in [0, 0.1) is 11.8 Å². The van der Waals surface area contributed by atoms with E-state index in [1.165, 1.54) is 33.2 Å². The molecule has 1 aliphatic carbocycles. The highest BCUT2D eigenvalue weighted by Gasteiger charge is 2.45. The number of nitrogens with one attached hydrogen (secondary N) is 1. The van der Waals surface area contributed by atoms with E-state index >= 15 is 0 Å². The summed E-state index contributed by atoms with van der Waals surface area (Å²) in [6.07, 6.45) is 6.26. The standard InChI is InChI=1S/C23H25N9O3S/c1-4-31-21(34)17-18(29(3)23(31)35)26-11-32(17)12(2)19(33)27-16-10-36-20(28-16)15-6-24-22(25-7-15)30-8-13-5-14(13)9-30/h6-7,10-14H,4-5,8-9H2,1-3H3,(H,27,33)/t12-,13?,14?/m0/s1. The number of aromatic nitrogens is 7. The molecule has 0 spiro atoms. The molecule has 1 saturated carbocycles. The molecule has 2 aliphatic rings. The Morgan fingerprint density at radius 2 is 1.92 bits per heavy atom. The van der Waals surface area contributed by atoms with Crippen LogP contribution in [0.15, 0.2) is 33.7 Å². The average molecular weight is 508 g/mol. The Morgan fingerprint density at radius 1 is 1.19 bits per heavy atom. The lowest BCUT2D eigenvalue weighted by Crippen LogP contribution is -2.39. The van der Waals surface area contributed by atoms with Crippen molar-refractivity contribution < 1.29 is 4.79 Å². The van der Waals surface area contributed by atoms with Crippen molar-refractivity contribution in [3.05, 3.63) is 44.9 Å². The first-order chi connectivity index (χ1) is 17.4. The van der Waals surface area contributed by atoms with E-state index in [9.17, 15) is 14.4 Å². The van der Waals surface area contributed by atoms with Gasteiger partial charge in [0.15, 0.2) is 11.2 Å². The van der Waals surface area contributed by atoms with Gasteiger partial charge in [-0.2, -0.15) is 0 Å². The Bertz CT molecular complexity index is 1590. The van der Waals surface area contributed by atoms with E-state index < -0.39 is 17.3 Å². The fourth-order valence-electron chi connectivity index (χ4n) is 4.84. The number of carbonyl (C=O) groups excluding carboxylic acids is 1. The third-order valence-corrected chi connectivity index (χ3v) is 7.96. The second-order valence-electron chi connectivity index (χ2n) is 9.35. The molecular formula is C23H25N9O3S. The number of thiazole rings is 1. The number of anilines is 2. The van der Waals surface area contributed by atoms with Crippen LogP contribution in [0.25, 0.3) is 21.7 Å². The van der Waals surface area contributed by atoms with Crippen LogP contribution in [0.2, 0.25) is 0 Å². The van der Waals surface area contributed by atoms with E-state index in [1.807, 2.05) is 0 Å². The van der Waals surface area contributed by atoms with Crippen LogP contribution in [0.4, 0.5) is 11.8 Å². The highest BCUT2D eigenvalue weighted by Crippen LogP contribution is 2.45. The minimum absolute atomic E-state index is 0.202. The lowest BCUT2D eigenvalue weighted by molar-refractivity contribution is -0.118. The van der Waals surface area contributed by atoms with Crippen LogP contribution in [0.1, 0.15) is 26.3 Å². The van der Waals surface area contributed by atoms with E-state index in [0.717, 1.165) is 41.0 Å². The van der Waals surface area contributed by atoms with Gasteiger partial charge in [0, 0.05) is 50.0 Å². The van der Waals surface area contributed by atoms with Crippen molar-refractivity contribution in [1.29, 1.82) is 0 Å². The summed E-state index contributed by atoms with van der Waals surface area (Å²) in [6, 6.07) is -0.759. The maximum atomic E-state index is 13.0. The Balaban J connectivity index is 1.20. The van der Waals surface area contributed by atoms with Gasteiger partial charge in [-0.05, 0) is 32.1 Å². The van der Waals surface area contributed by atoms with Crippen molar-refractivity contribution in [2.45, 2.75) is 32.9 Å². The van der Waals surface area contributed by atoms with Crippen molar-refractivity contribution in [3.8, 4) is 10.6 Å². The predicted octanol–water partition coefficient (Wildman–Crippen LogP) is 1.49. The summed E-state index contributed by atoms with van der Waals surface area (Å²) in [5.41, 5.74) is 0.301. The normalized spacial score (nSPS) is 19.5.